The molecule has 2 aliphatic heterocycles. The molecule has 3 rings (SSSR count). The number of halogens is 1. The summed E-state index contributed by atoms with van der Waals surface area (Å²) in [6.45, 7) is 8.40. The van der Waals surface area contributed by atoms with Crippen molar-refractivity contribution in [2.75, 3.05) is 39.3 Å². The molecule has 18 heavy (non-hydrogen) atoms. The van der Waals surface area contributed by atoms with Crippen LogP contribution in [0.4, 0.5) is 0 Å². The molecule has 1 aromatic heterocycles. The number of piperazine rings is 1. The molecule has 1 unspecified atom stereocenters. The maximum atomic E-state index is 3.54. The predicted molar refractivity (Wildman–Crippen MR) is 80.1 cm³/mol. The molecule has 2 fully saturated rings. The van der Waals surface area contributed by atoms with Crippen LogP contribution in [0.25, 0.3) is 0 Å². The van der Waals surface area contributed by atoms with Gasteiger partial charge in [-0.1, -0.05) is 0 Å². The van der Waals surface area contributed by atoms with E-state index in [9.17, 15) is 0 Å². The molecular formula is C13H20BrN3S. The first-order valence-corrected chi connectivity index (χ1v) is 8.33. The Kier molecular flexibility index (Phi) is 4.36. The molecule has 1 aromatic rings. The molecule has 0 bridgehead atoms. The highest BCUT2D eigenvalue weighted by atomic mass is 79.9. The van der Waals surface area contributed by atoms with Crippen molar-refractivity contribution in [3.63, 3.8) is 0 Å². The lowest BCUT2D eigenvalue weighted by Gasteiger charge is -2.32. The van der Waals surface area contributed by atoms with E-state index < -0.39 is 0 Å². The minimum atomic E-state index is 0.788. The summed E-state index contributed by atoms with van der Waals surface area (Å²) < 4.78 is 1.25. The molecule has 3 heterocycles. The summed E-state index contributed by atoms with van der Waals surface area (Å²) in [7, 11) is 0. The fraction of sp³-hybridized carbons (Fsp3) is 0.692. The van der Waals surface area contributed by atoms with Crippen LogP contribution in [0.3, 0.4) is 0 Å². The lowest BCUT2D eigenvalue weighted by Crippen LogP contribution is -2.49. The van der Waals surface area contributed by atoms with E-state index in [4.69, 9.17) is 0 Å². The molecule has 0 aliphatic carbocycles. The number of likely N-dealkylation sites (tertiary alicyclic amines) is 1. The van der Waals surface area contributed by atoms with Crippen LogP contribution in [0, 0.1) is 0 Å². The standard InChI is InChI=1S/C13H20BrN3S/c14-13-2-1-12(18-13)10-16-6-3-11(9-16)17-7-4-15-5-8-17/h1-2,11,15H,3-10H2. The fourth-order valence-electron chi connectivity index (χ4n) is 2.96. The number of hydrogen-bond donors (Lipinski definition) is 1. The average molecular weight is 330 g/mol. The third-order valence-corrected chi connectivity index (χ3v) is 5.53. The minimum absolute atomic E-state index is 0.788. The van der Waals surface area contributed by atoms with Gasteiger partial charge in [-0.2, -0.15) is 0 Å². The largest absolute Gasteiger partial charge is 0.314 e. The Morgan fingerprint density at radius 1 is 1.28 bits per heavy atom. The van der Waals surface area contributed by atoms with Crippen LogP contribution in [-0.2, 0) is 6.54 Å². The summed E-state index contributed by atoms with van der Waals surface area (Å²) in [6.07, 6.45) is 1.34. The Balaban J connectivity index is 1.51. The summed E-state index contributed by atoms with van der Waals surface area (Å²) in [6, 6.07) is 5.19. The van der Waals surface area contributed by atoms with Gasteiger partial charge in [-0.3, -0.25) is 9.80 Å². The molecule has 0 aromatic carbocycles. The molecule has 2 aliphatic rings. The molecule has 0 amide bonds. The van der Waals surface area contributed by atoms with Gasteiger partial charge in [-0.25, -0.2) is 0 Å². The van der Waals surface area contributed by atoms with Crippen molar-refractivity contribution in [1.29, 1.82) is 0 Å². The van der Waals surface area contributed by atoms with Crippen LogP contribution < -0.4 is 5.32 Å². The van der Waals surface area contributed by atoms with Gasteiger partial charge in [0, 0.05) is 56.7 Å². The van der Waals surface area contributed by atoms with E-state index in [2.05, 4.69) is 43.2 Å². The van der Waals surface area contributed by atoms with Crippen molar-refractivity contribution in [2.45, 2.75) is 19.0 Å². The molecule has 5 heteroatoms. The molecule has 2 saturated heterocycles. The van der Waals surface area contributed by atoms with Crippen molar-refractivity contribution >= 4 is 27.3 Å². The van der Waals surface area contributed by atoms with E-state index in [1.807, 2.05) is 11.3 Å². The molecule has 1 atom stereocenters. The Hall–Kier alpha value is 0.0600. The highest BCUT2D eigenvalue weighted by molar-refractivity contribution is 9.11. The first kappa shape index (κ1) is 13.1. The van der Waals surface area contributed by atoms with Crippen LogP contribution in [0.1, 0.15) is 11.3 Å². The van der Waals surface area contributed by atoms with E-state index in [0.29, 0.717) is 0 Å². The normalized spacial score (nSPS) is 26.8. The minimum Gasteiger partial charge on any atom is -0.314 e. The zero-order chi connectivity index (χ0) is 12.4. The highest BCUT2D eigenvalue weighted by Gasteiger charge is 2.28. The quantitative estimate of drug-likeness (QED) is 0.914. The van der Waals surface area contributed by atoms with Crippen molar-refractivity contribution in [3.8, 4) is 0 Å². The smallest absolute Gasteiger partial charge is 0.0701 e. The van der Waals surface area contributed by atoms with Crippen molar-refractivity contribution < 1.29 is 0 Å². The maximum Gasteiger partial charge on any atom is 0.0701 e. The summed E-state index contributed by atoms with van der Waals surface area (Å²) >= 11 is 5.40. The summed E-state index contributed by atoms with van der Waals surface area (Å²) in [5, 5.41) is 3.43. The third-order valence-electron chi connectivity index (χ3n) is 3.92. The van der Waals surface area contributed by atoms with Crippen LogP contribution in [0.5, 0.6) is 0 Å². The van der Waals surface area contributed by atoms with Crippen LogP contribution in [-0.4, -0.2) is 55.1 Å². The van der Waals surface area contributed by atoms with Gasteiger partial charge in [0.15, 0.2) is 0 Å². The number of hydrogen-bond acceptors (Lipinski definition) is 4. The van der Waals surface area contributed by atoms with E-state index in [1.165, 1.54) is 41.3 Å². The number of nitrogens with one attached hydrogen (secondary N) is 1. The van der Waals surface area contributed by atoms with Gasteiger partial charge in [0.2, 0.25) is 0 Å². The molecule has 1 N–H and O–H groups in total. The van der Waals surface area contributed by atoms with E-state index in [-0.39, 0.29) is 0 Å². The van der Waals surface area contributed by atoms with E-state index >= 15 is 0 Å². The van der Waals surface area contributed by atoms with Crippen molar-refractivity contribution in [2.24, 2.45) is 0 Å². The third kappa shape index (κ3) is 3.14. The van der Waals surface area contributed by atoms with Gasteiger partial charge in [-0.05, 0) is 34.5 Å². The average Bonchev–Trinajstić information content (AvgIpc) is 3.01. The van der Waals surface area contributed by atoms with Crippen molar-refractivity contribution in [3.05, 3.63) is 20.8 Å². The highest BCUT2D eigenvalue weighted by Crippen LogP contribution is 2.25. The molecular weight excluding hydrogens is 310 g/mol. The van der Waals surface area contributed by atoms with Gasteiger partial charge in [-0.15, -0.1) is 11.3 Å². The Morgan fingerprint density at radius 3 is 2.83 bits per heavy atom. The second-order valence-corrected chi connectivity index (χ2v) is 7.72. The molecule has 3 nitrogen and oxygen atoms in total. The van der Waals surface area contributed by atoms with Gasteiger partial charge in [0.05, 0.1) is 3.79 Å². The zero-order valence-corrected chi connectivity index (χ0v) is 13.0. The van der Waals surface area contributed by atoms with E-state index in [1.54, 1.807) is 0 Å². The van der Waals surface area contributed by atoms with Gasteiger partial charge < -0.3 is 5.32 Å². The van der Waals surface area contributed by atoms with Crippen LogP contribution in [0.2, 0.25) is 0 Å². The monoisotopic (exact) mass is 329 g/mol. The molecule has 100 valence electrons. The van der Waals surface area contributed by atoms with E-state index in [0.717, 1.165) is 25.7 Å². The second kappa shape index (κ2) is 6.01. The molecule has 0 radical (unpaired) electrons. The first-order chi connectivity index (χ1) is 8.81. The lowest BCUT2D eigenvalue weighted by molar-refractivity contribution is 0.170. The number of thiophene rings is 1. The van der Waals surface area contributed by atoms with Gasteiger partial charge in [0.25, 0.3) is 0 Å². The van der Waals surface area contributed by atoms with Crippen molar-refractivity contribution in [1.82, 2.24) is 15.1 Å². The lowest BCUT2D eigenvalue weighted by atomic mass is 10.2. The first-order valence-electron chi connectivity index (χ1n) is 6.72. The molecule has 0 spiro atoms. The summed E-state index contributed by atoms with van der Waals surface area (Å²) in [5.41, 5.74) is 0. The predicted octanol–water partition coefficient (Wildman–Crippen LogP) is 1.99. The van der Waals surface area contributed by atoms with Gasteiger partial charge in [0.1, 0.15) is 0 Å². The number of rotatable bonds is 3. The Bertz CT molecular complexity index is 389. The molecule has 0 saturated carbocycles. The fourth-order valence-corrected chi connectivity index (χ4v) is 4.48. The maximum absolute atomic E-state index is 3.54. The SMILES string of the molecule is Brc1ccc(CN2CCC(N3CCNCC3)C2)s1. The van der Waals surface area contributed by atoms with Gasteiger partial charge >= 0.3 is 0 Å². The Morgan fingerprint density at radius 2 is 2.11 bits per heavy atom. The summed E-state index contributed by atoms with van der Waals surface area (Å²) in [5.74, 6) is 0. The Labute approximate surface area is 121 Å². The topological polar surface area (TPSA) is 18.5 Å². The number of nitrogens with zero attached hydrogens (tertiary/aromatic N) is 2. The zero-order valence-electron chi connectivity index (χ0n) is 10.6. The second-order valence-electron chi connectivity index (χ2n) is 5.17. The summed E-state index contributed by atoms with van der Waals surface area (Å²) in [4.78, 5) is 6.74. The van der Waals surface area contributed by atoms with Crippen LogP contribution in [0.15, 0.2) is 15.9 Å². The van der Waals surface area contributed by atoms with Crippen LogP contribution >= 0.6 is 27.3 Å².